The molecular weight excluding hydrogens is 220 g/mol. The number of carbonyl (C=O) groups excluding carboxylic acids is 1. The SMILES string of the molecule is CS(=O)(=O)O.O=C1CCC(CCO)CC1. The summed E-state index contributed by atoms with van der Waals surface area (Å²) in [5, 5.41) is 8.60. The van der Waals surface area contributed by atoms with E-state index in [1.54, 1.807) is 0 Å². The van der Waals surface area contributed by atoms with Gasteiger partial charge >= 0.3 is 0 Å². The third-order valence-electron chi connectivity index (χ3n) is 2.20. The predicted octanol–water partition coefficient (Wildman–Crippen LogP) is 0.632. The van der Waals surface area contributed by atoms with Crippen molar-refractivity contribution in [2.75, 3.05) is 12.9 Å². The van der Waals surface area contributed by atoms with Crippen molar-refractivity contribution >= 4 is 15.9 Å². The van der Waals surface area contributed by atoms with Crippen molar-refractivity contribution in [1.82, 2.24) is 0 Å². The Hall–Kier alpha value is -0.460. The number of rotatable bonds is 2. The van der Waals surface area contributed by atoms with Crippen LogP contribution in [0.4, 0.5) is 0 Å². The molecule has 0 unspecified atom stereocenters. The molecule has 0 aromatic rings. The molecule has 1 fully saturated rings. The van der Waals surface area contributed by atoms with E-state index in [9.17, 15) is 13.2 Å². The summed E-state index contributed by atoms with van der Waals surface area (Å²) in [5.41, 5.74) is 0. The zero-order valence-electron chi connectivity index (χ0n) is 8.85. The molecule has 0 radical (unpaired) electrons. The van der Waals surface area contributed by atoms with Crippen molar-refractivity contribution in [3.8, 4) is 0 Å². The smallest absolute Gasteiger partial charge is 0.261 e. The molecule has 1 saturated carbocycles. The minimum atomic E-state index is -3.67. The van der Waals surface area contributed by atoms with E-state index in [4.69, 9.17) is 9.66 Å². The Morgan fingerprint density at radius 2 is 1.73 bits per heavy atom. The molecule has 0 atom stereocenters. The number of aliphatic hydroxyl groups is 1. The van der Waals surface area contributed by atoms with Crippen LogP contribution in [0.5, 0.6) is 0 Å². The quantitative estimate of drug-likeness (QED) is 0.688. The average molecular weight is 238 g/mol. The van der Waals surface area contributed by atoms with E-state index in [0.29, 0.717) is 18.0 Å². The van der Waals surface area contributed by atoms with E-state index >= 15 is 0 Å². The van der Waals surface area contributed by atoms with E-state index < -0.39 is 10.1 Å². The molecular formula is C9H18O5S. The summed E-state index contributed by atoms with van der Waals surface area (Å²) in [6.07, 6.45) is 5.08. The largest absolute Gasteiger partial charge is 0.396 e. The highest BCUT2D eigenvalue weighted by atomic mass is 32.2. The van der Waals surface area contributed by atoms with Gasteiger partial charge in [-0.15, -0.1) is 0 Å². The number of hydrogen-bond donors (Lipinski definition) is 2. The predicted molar refractivity (Wildman–Crippen MR) is 56.1 cm³/mol. The summed E-state index contributed by atoms with van der Waals surface area (Å²) < 4.78 is 25.9. The lowest BCUT2D eigenvalue weighted by molar-refractivity contribution is -0.121. The van der Waals surface area contributed by atoms with E-state index in [0.717, 1.165) is 32.1 Å². The molecule has 6 heteroatoms. The fourth-order valence-corrected chi connectivity index (χ4v) is 1.47. The van der Waals surface area contributed by atoms with Gasteiger partial charge in [0.25, 0.3) is 10.1 Å². The number of ketones is 1. The molecule has 0 aliphatic heterocycles. The first-order valence-corrected chi connectivity index (χ1v) is 6.72. The molecule has 1 rings (SSSR count). The van der Waals surface area contributed by atoms with Crippen LogP contribution in [0.2, 0.25) is 0 Å². The third-order valence-corrected chi connectivity index (χ3v) is 2.20. The summed E-state index contributed by atoms with van der Waals surface area (Å²) in [6.45, 7) is 0.277. The second-order valence-electron chi connectivity index (χ2n) is 3.73. The van der Waals surface area contributed by atoms with Crippen molar-refractivity contribution < 1.29 is 22.9 Å². The topological polar surface area (TPSA) is 91.7 Å². The number of carbonyl (C=O) groups is 1. The van der Waals surface area contributed by atoms with Crippen LogP contribution in [-0.4, -0.2) is 36.7 Å². The van der Waals surface area contributed by atoms with Crippen molar-refractivity contribution in [2.24, 2.45) is 5.92 Å². The zero-order chi connectivity index (χ0) is 11.9. The van der Waals surface area contributed by atoms with Gasteiger partial charge in [-0.2, -0.15) is 8.42 Å². The lowest BCUT2D eigenvalue weighted by Crippen LogP contribution is -2.14. The van der Waals surface area contributed by atoms with Gasteiger partial charge in [-0.25, -0.2) is 0 Å². The molecule has 0 saturated heterocycles. The maximum absolute atomic E-state index is 10.8. The summed E-state index contributed by atoms with van der Waals surface area (Å²) >= 11 is 0. The normalized spacial score (nSPS) is 18.2. The van der Waals surface area contributed by atoms with Gasteiger partial charge in [-0.05, 0) is 25.2 Å². The molecule has 15 heavy (non-hydrogen) atoms. The average Bonchev–Trinajstić information content (AvgIpc) is 2.06. The maximum Gasteiger partial charge on any atom is 0.261 e. The van der Waals surface area contributed by atoms with E-state index in [-0.39, 0.29) is 6.61 Å². The molecule has 0 bridgehead atoms. The Morgan fingerprint density at radius 3 is 2.07 bits per heavy atom. The molecule has 1 aliphatic carbocycles. The van der Waals surface area contributed by atoms with Gasteiger partial charge < -0.3 is 5.11 Å². The van der Waals surface area contributed by atoms with E-state index in [1.165, 1.54) is 0 Å². The van der Waals surface area contributed by atoms with Crippen molar-refractivity contribution in [1.29, 1.82) is 0 Å². The van der Waals surface area contributed by atoms with Crippen LogP contribution < -0.4 is 0 Å². The fraction of sp³-hybridized carbons (Fsp3) is 0.889. The molecule has 0 aromatic heterocycles. The molecule has 2 N–H and O–H groups in total. The lowest BCUT2D eigenvalue weighted by Gasteiger charge is -2.19. The van der Waals surface area contributed by atoms with Crippen molar-refractivity contribution in [3.63, 3.8) is 0 Å². The summed E-state index contributed by atoms with van der Waals surface area (Å²) in [6, 6.07) is 0. The molecule has 90 valence electrons. The minimum Gasteiger partial charge on any atom is -0.396 e. The highest BCUT2D eigenvalue weighted by molar-refractivity contribution is 7.85. The summed E-state index contributed by atoms with van der Waals surface area (Å²) in [5.74, 6) is 1.01. The van der Waals surface area contributed by atoms with Crippen molar-refractivity contribution in [2.45, 2.75) is 32.1 Å². The van der Waals surface area contributed by atoms with Crippen LogP contribution in [0.25, 0.3) is 0 Å². The Bertz CT molecular complexity index is 265. The number of aliphatic hydroxyl groups excluding tert-OH is 1. The fourth-order valence-electron chi connectivity index (χ4n) is 1.47. The van der Waals surface area contributed by atoms with Gasteiger partial charge in [0.05, 0.1) is 6.26 Å². The Balaban J connectivity index is 0.000000336. The van der Waals surface area contributed by atoms with Gasteiger partial charge in [0, 0.05) is 19.4 Å². The van der Waals surface area contributed by atoms with Gasteiger partial charge in [0.2, 0.25) is 0 Å². The first-order chi connectivity index (χ1) is 6.83. The van der Waals surface area contributed by atoms with Crippen molar-refractivity contribution in [3.05, 3.63) is 0 Å². The first kappa shape index (κ1) is 14.5. The highest BCUT2D eigenvalue weighted by Gasteiger charge is 2.17. The van der Waals surface area contributed by atoms with Gasteiger partial charge in [-0.3, -0.25) is 9.35 Å². The van der Waals surface area contributed by atoms with E-state index in [2.05, 4.69) is 0 Å². The monoisotopic (exact) mass is 238 g/mol. The molecule has 0 heterocycles. The van der Waals surface area contributed by atoms with Gasteiger partial charge in [-0.1, -0.05) is 0 Å². The molecule has 1 aliphatic rings. The Kier molecular flexibility index (Phi) is 6.71. The lowest BCUT2D eigenvalue weighted by atomic mass is 9.86. The van der Waals surface area contributed by atoms with E-state index in [1.807, 2.05) is 0 Å². The van der Waals surface area contributed by atoms with Crippen LogP contribution in [0, 0.1) is 5.92 Å². The van der Waals surface area contributed by atoms with Crippen LogP contribution in [0.15, 0.2) is 0 Å². The maximum atomic E-state index is 10.8. The standard InChI is InChI=1S/C8H14O2.CH4O3S/c9-6-5-7-1-3-8(10)4-2-7;1-5(2,3)4/h7,9H,1-6H2;1H3,(H,2,3,4). The summed E-state index contributed by atoms with van der Waals surface area (Å²) in [7, 11) is -3.67. The second-order valence-corrected chi connectivity index (χ2v) is 5.19. The number of hydrogen-bond acceptors (Lipinski definition) is 4. The third kappa shape index (κ3) is 11.5. The molecule has 0 spiro atoms. The first-order valence-electron chi connectivity index (χ1n) is 4.88. The highest BCUT2D eigenvalue weighted by Crippen LogP contribution is 2.23. The molecule has 0 aromatic carbocycles. The Labute approximate surface area is 90.2 Å². The second kappa shape index (κ2) is 6.92. The minimum absolute atomic E-state index is 0.277. The summed E-state index contributed by atoms with van der Waals surface area (Å²) in [4.78, 5) is 10.8. The molecule has 5 nitrogen and oxygen atoms in total. The van der Waals surface area contributed by atoms with Crippen LogP contribution >= 0.6 is 0 Å². The zero-order valence-corrected chi connectivity index (χ0v) is 9.66. The van der Waals surface area contributed by atoms with Gasteiger partial charge in [0.1, 0.15) is 5.78 Å². The van der Waals surface area contributed by atoms with Crippen LogP contribution in [-0.2, 0) is 14.9 Å². The van der Waals surface area contributed by atoms with Gasteiger partial charge in [0.15, 0.2) is 0 Å². The van der Waals surface area contributed by atoms with Crippen LogP contribution in [0.3, 0.4) is 0 Å². The Morgan fingerprint density at radius 1 is 1.33 bits per heavy atom. The van der Waals surface area contributed by atoms with Crippen LogP contribution in [0.1, 0.15) is 32.1 Å². The molecule has 0 amide bonds. The number of Topliss-reactive ketones (excluding diaryl/α,β-unsaturated/α-hetero) is 1.